The lowest BCUT2D eigenvalue weighted by Crippen LogP contribution is -2.11. The highest BCUT2D eigenvalue weighted by atomic mass is 35.5. The van der Waals surface area contributed by atoms with Gasteiger partial charge in [-0.05, 0) is 54.6 Å². The monoisotopic (exact) mass is 441 g/mol. The van der Waals surface area contributed by atoms with Crippen molar-refractivity contribution >= 4 is 40.7 Å². The van der Waals surface area contributed by atoms with Crippen molar-refractivity contribution in [2.75, 3.05) is 25.3 Å². The third-order valence-electron chi connectivity index (χ3n) is 4.25. The molecule has 0 saturated heterocycles. The number of halogens is 1. The first-order chi connectivity index (χ1) is 14.5. The Bertz CT molecular complexity index is 1070. The number of carbonyl (C=O) groups is 2. The number of hydrogen-bond donors (Lipinski definition) is 1. The third-order valence-corrected chi connectivity index (χ3v) is 5.48. The van der Waals surface area contributed by atoms with E-state index in [1.165, 1.54) is 18.9 Å². The van der Waals surface area contributed by atoms with Gasteiger partial charge < -0.3 is 14.8 Å². The van der Waals surface area contributed by atoms with Gasteiger partial charge in [0.1, 0.15) is 0 Å². The van der Waals surface area contributed by atoms with Crippen LogP contribution in [0.25, 0.3) is 0 Å². The zero-order chi connectivity index (χ0) is 21.5. The number of ether oxygens (including phenoxy) is 2. The number of rotatable bonds is 8. The highest BCUT2D eigenvalue weighted by Gasteiger charge is 2.12. The van der Waals surface area contributed by atoms with E-state index >= 15 is 0 Å². The second-order valence-corrected chi connectivity index (χ2v) is 7.76. The van der Waals surface area contributed by atoms with Gasteiger partial charge >= 0.3 is 0 Å². The average molecular weight is 442 g/mol. The Morgan fingerprint density at radius 1 is 0.900 bits per heavy atom. The van der Waals surface area contributed by atoms with Gasteiger partial charge in [0.15, 0.2) is 17.3 Å². The van der Waals surface area contributed by atoms with Crippen molar-refractivity contribution in [3.8, 4) is 11.5 Å². The van der Waals surface area contributed by atoms with Gasteiger partial charge in [0.2, 0.25) is 0 Å². The lowest BCUT2D eigenvalue weighted by Gasteiger charge is -2.10. The molecule has 0 unspecified atom stereocenters. The van der Waals surface area contributed by atoms with Crippen molar-refractivity contribution in [3.63, 3.8) is 0 Å². The van der Waals surface area contributed by atoms with Crippen molar-refractivity contribution in [2.24, 2.45) is 0 Å². The molecule has 0 spiro atoms. The minimum atomic E-state index is -0.249. The van der Waals surface area contributed by atoms with Gasteiger partial charge in [0.25, 0.3) is 5.91 Å². The number of methoxy groups -OCH3 is 2. The number of nitrogens with one attached hydrogen (secondary N) is 1. The summed E-state index contributed by atoms with van der Waals surface area (Å²) in [4.78, 5) is 25.8. The number of amides is 1. The van der Waals surface area contributed by atoms with Gasteiger partial charge in [-0.2, -0.15) is 0 Å². The van der Waals surface area contributed by atoms with Gasteiger partial charge in [-0.3, -0.25) is 9.59 Å². The van der Waals surface area contributed by atoms with E-state index < -0.39 is 0 Å². The molecule has 30 heavy (non-hydrogen) atoms. The van der Waals surface area contributed by atoms with E-state index in [2.05, 4.69) is 5.32 Å². The van der Waals surface area contributed by atoms with E-state index in [4.69, 9.17) is 21.1 Å². The van der Waals surface area contributed by atoms with Crippen molar-refractivity contribution in [1.29, 1.82) is 0 Å². The molecule has 3 rings (SSSR count). The van der Waals surface area contributed by atoms with Crippen molar-refractivity contribution in [1.82, 2.24) is 0 Å². The first-order valence-electron chi connectivity index (χ1n) is 9.05. The Hall–Kier alpha value is -2.96. The van der Waals surface area contributed by atoms with Crippen LogP contribution < -0.4 is 14.8 Å². The van der Waals surface area contributed by atoms with Crippen LogP contribution in [0.3, 0.4) is 0 Å². The van der Waals surface area contributed by atoms with Crippen LogP contribution in [0.15, 0.2) is 71.6 Å². The first-order valence-corrected chi connectivity index (χ1v) is 10.4. The Kier molecular flexibility index (Phi) is 7.38. The van der Waals surface area contributed by atoms with Gasteiger partial charge in [-0.15, -0.1) is 11.8 Å². The van der Waals surface area contributed by atoms with Gasteiger partial charge in [0.05, 0.1) is 20.0 Å². The van der Waals surface area contributed by atoms with Crippen molar-refractivity contribution in [3.05, 3.63) is 82.9 Å². The fourth-order valence-electron chi connectivity index (χ4n) is 2.74. The quantitative estimate of drug-likeness (QED) is 0.365. The summed E-state index contributed by atoms with van der Waals surface area (Å²) in [5, 5.41) is 3.35. The molecule has 5 nitrogen and oxygen atoms in total. The molecule has 0 atom stereocenters. The Labute approximate surface area is 184 Å². The molecule has 3 aromatic rings. The van der Waals surface area contributed by atoms with Crippen molar-refractivity contribution in [2.45, 2.75) is 4.90 Å². The molecule has 0 aliphatic heterocycles. The molecule has 0 radical (unpaired) electrons. The number of carbonyl (C=O) groups excluding carboxylic acids is 2. The Morgan fingerprint density at radius 3 is 2.40 bits per heavy atom. The second kappa shape index (κ2) is 10.2. The van der Waals surface area contributed by atoms with Crippen molar-refractivity contribution < 1.29 is 19.1 Å². The molecule has 3 aromatic carbocycles. The SMILES string of the molecule is COc1ccc(C(=O)CSc2cccc(NC(=O)c3cccc(Cl)c3)c2)cc1OC. The summed E-state index contributed by atoms with van der Waals surface area (Å²) >= 11 is 7.34. The van der Waals surface area contributed by atoms with Crippen LogP contribution >= 0.6 is 23.4 Å². The molecular formula is C23H20ClNO4S. The number of Topliss-reactive ketones (excluding diaryl/α,β-unsaturated/α-hetero) is 1. The van der Waals surface area contributed by atoms with Crippen LogP contribution in [0.4, 0.5) is 5.69 Å². The molecule has 1 amide bonds. The molecular weight excluding hydrogens is 422 g/mol. The molecule has 0 aliphatic carbocycles. The molecule has 0 aromatic heterocycles. The summed E-state index contributed by atoms with van der Waals surface area (Å²) < 4.78 is 10.5. The maximum atomic E-state index is 12.6. The molecule has 0 fully saturated rings. The predicted molar refractivity (Wildman–Crippen MR) is 120 cm³/mol. The summed E-state index contributed by atoms with van der Waals surface area (Å²) in [7, 11) is 3.08. The van der Waals surface area contributed by atoms with Crippen LogP contribution in [0, 0.1) is 0 Å². The average Bonchev–Trinajstić information content (AvgIpc) is 2.77. The topological polar surface area (TPSA) is 64.6 Å². The van der Waals surface area contributed by atoms with Crippen LogP contribution in [0.1, 0.15) is 20.7 Å². The smallest absolute Gasteiger partial charge is 0.255 e. The maximum absolute atomic E-state index is 12.6. The predicted octanol–water partition coefficient (Wildman–Crippen LogP) is 5.58. The summed E-state index contributed by atoms with van der Waals surface area (Å²) in [6.07, 6.45) is 0. The zero-order valence-corrected chi connectivity index (χ0v) is 18.0. The lowest BCUT2D eigenvalue weighted by molar-refractivity contribution is 0.101. The van der Waals surface area contributed by atoms with Gasteiger partial charge in [-0.25, -0.2) is 0 Å². The van der Waals surface area contributed by atoms with Crippen LogP contribution in [0.5, 0.6) is 11.5 Å². The fourth-order valence-corrected chi connectivity index (χ4v) is 3.78. The van der Waals surface area contributed by atoms with E-state index in [9.17, 15) is 9.59 Å². The van der Waals surface area contributed by atoms with E-state index in [1.807, 2.05) is 18.2 Å². The standard InChI is InChI=1S/C23H20ClNO4S/c1-28-21-10-9-15(12-22(21)29-2)20(26)14-30-19-8-4-7-18(13-19)25-23(27)16-5-3-6-17(24)11-16/h3-13H,14H2,1-2H3,(H,25,27). The molecule has 0 heterocycles. The number of anilines is 1. The fraction of sp³-hybridized carbons (Fsp3) is 0.130. The third kappa shape index (κ3) is 5.55. The normalized spacial score (nSPS) is 10.4. The second-order valence-electron chi connectivity index (χ2n) is 6.27. The van der Waals surface area contributed by atoms with E-state index in [1.54, 1.807) is 55.6 Å². The Balaban J connectivity index is 1.64. The molecule has 0 aliphatic rings. The largest absolute Gasteiger partial charge is 0.493 e. The van der Waals surface area contributed by atoms with Gasteiger partial charge in [-0.1, -0.05) is 23.7 Å². The molecule has 0 saturated carbocycles. The number of thioether (sulfide) groups is 1. The molecule has 7 heteroatoms. The summed E-state index contributed by atoms with van der Waals surface area (Å²) in [6, 6.07) is 19.2. The number of ketones is 1. The summed E-state index contributed by atoms with van der Waals surface area (Å²) in [6.45, 7) is 0. The molecule has 154 valence electrons. The number of hydrogen-bond acceptors (Lipinski definition) is 5. The minimum Gasteiger partial charge on any atom is -0.493 e. The van der Waals surface area contributed by atoms with Gasteiger partial charge in [0, 0.05) is 26.7 Å². The van der Waals surface area contributed by atoms with E-state index in [0.29, 0.717) is 33.3 Å². The maximum Gasteiger partial charge on any atom is 0.255 e. The first kappa shape index (κ1) is 21.7. The van der Waals surface area contributed by atoms with Crippen LogP contribution in [0.2, 0.25) is 5.02 Å². The van der Waals surface area contributed by atoms with Crippen LogP contribution in [-0.4, -0.2) is 31.7 Å². The van der Waals surface area contributed by atoms with E-state index in [-0.39, 0.29) is 17.4 Å². The molecule has 1 N–H and O–H groups in total. The summed E-state index contributed by atoms with van der Waals surface area (Å²) in [5.74, 6) is 1.06. The highest BCUT2D eigenvalue weighted by Crippen LogP contribution is 2.29. The minimum absolute atomic E-state index is 0.0330. The Morgan fingerprint density at radius 2 is 1.67 bits per heavy atom. The number of benzene rings is 3. The molecule has 0 bridgehead atoms. The summed E-state index contributed by atoms with van der Waals surface area (Å²) in [5.41, 5.74) is 1.67. The lowest BCUT2D eigenvalue weighted by atomic mass is 10.1. The van der Waals surface area contributed by atoms with Crippen LogP contribution in [-0.2, 0) is 0 Å². The van der Waals surface area contributed by atoms with E-state index in [0.717, 1.165) is 4.90 Å². The zero-order valence-electron chi connectivity index (χ0n) is 16.5. The highest BCUT2D eigenvalue weighted by molar-refractivity contribution is 8.00.